The summed E-state index contributed by atoms with van der Waals surface area (Å²) in [5.41, 5.74) is 14.1. The standard InChI is InChI=1S/C22H34N2/c1-6-7-14-24-20-11-9-8-10-18(20)19-13-12-17(15(2)3)22(23)21(19)16(4)5/h10,12-13,15-16H,6-9,11,14,23H2,1-5H3. The average molecular weight is 327 g/mol. The van der Waals surface area contributed by atoms with E-state index in [2.05, 4.69) is 52.8 Å². The van der Waals surface area contributed by atoms with Crippen LogP contribution in [0.4, 0.5) is 5.69 Å². The monoisotopic (exact) mass is 326 g/mol. The Hall–Kier alpha value is -1.57. The van der Waals surface area contributed by atoms with Gasteiger partial charge in [-0.05, 0) is 59.8 Å². The fourth-order valence-electron chi connectivity index (χ4n) is 3.58. The first kappa shape index (κ1) is 18.8. The van der Waals surface area contributed by atoms with Crippen LogP contribution in [0.5, 0.6) is 0 Å². The topological polar surface area (TPSA) is 38.4 Å². The Morgan fingerprint density at radius 1 is 1.12 bits per heavy atom. The molecule has 2 nitrogen and oxygen atoms in total. The fraction of sp³-hybridized carbons (Fsp3) is 0.591. The van der Waals surface area contributed by atoms with Crippen LogP contribution in [0.25, 0.3) is 5.57 Å². The van der Waals surface area contributed by atoms with Gasteiger partial charge < -0.3 is 5.73 Å². The summed E-state index contributed by atoms with van der Waals surface area (Å²) in [5.74, 6) is 0.869. The van der Waals surface area contributed by atoms with Gasteiger partial charge in [-0.3, -0.25) is 4.99 Å². The van der Waals surface area contributed by atoms with E-state index < -0.39 is 0 Å². The van der Waals surface area contributed by atoms with E-state index in [-0.39, 0.29) is 0 Å². The SMILES string of the molecule is CCCCN=C1CCCC=C1c1ccc(C(C)C)c(N)c1C(C)C. The fourth-order valence-corrected chi connectivity index (χ4v) is 3.58. The molecule has 0 saturated carbocycles. The van der Waals surface area contributed by atoms with Gasteiger partial charge >= 0.3 is 0 Å². The molecule has 0 radical (unpaired) electrons. The van der Waals surface area contributed by atoms with Crippen LogP contribution in [-0.4, -0.2) is 12.3 Å². The maximum atomic E-state index is 6.59. The molecule has 1 aliphatic rings. The normalized spacial score (nSPS) is 17.0. The van der Waals surface area contributed by atoms with Gasteiger partial charge in [0.2, 0.25) is 0 Å². The number of hydrogen-bond acceptors (Lipinski definition) is 2. The van der Waals surface area contributed by atoms with Gasteiger partial charge in [-0.25, -0.2) is 0 Å². The minimum atomic E-state index is 0.415. The highest BCUT2D eigenvalue weighted by Crippen LogP contribution is 2.38. The predicted molar refractivity (Wildman–Crippen MR) is 108 cm³/mol. The second kappa shape index (κ2) is 8.50. The van der Waals surface area contributed by atoms with Gasteiger partial charge in [0, 0.05) is 17.9 Å². The Balaban J connectivity index is 2.51. The zero-order valence-electron chi connectivity index (χ0n) is 16.2. The molecule has 1 aromatic carbocycles. The molecular weight excluding hydrogens is 292 g/mol. The van der Waals surface area contributed by atoms with Crippen molar-refractivity contribution in [1.29, 1.82) is 0 Å². The molecule has 2 heteroatoms. The minimum absolute atomic E-state index is 0.415. The first-order chi connectivity index (χ1) is 11.5. The number of hydrogen-bond donors (Lipinski definition) is 1. The van der Waals surface area contributed by atoms with Gasteiger partial charge in [-0.2, -0.15) is 0 Å². The number of unbranched alkanes of at least 4 members (excludes halogenated alkanes) is 1. The van der Waals surface area contributed by atoms with Crippen LogP contribution in [-0.2, 0) is 0 Å². The van der Waals surface area contributed by atoms with Crippen molar-refractivity contribution in [2.75, 3.05) is 12.3 Å². The summed E-state index contributed by atoms with van der Waals surface area (Å²) >= 11 is 0. The molecule has 0 atom stereocenters. The van der Waals surface area contributed by atoms with Crippen LogP contribution in [0.1, 0.15) is 95.2 Å². The molecule has 0 aliphatic heterocycles. The zero-order chi connectivity index (χ0) is 17.7. The summed E-state index contributed by atoms with van der Waals surface area (Å²) in [6.07, 6.45) is 8.20. The van der Waals surface area contributed by atoms with Gasteiger partial charge in [0.05, 0.1) is 0 Å². The summed E-state index contributed by atoms with van der Waals surface area (Å²) in [7, 11) is 0. The van der Waals surface area contributed by atoms with Crippen molar-refractivity contribution in [1.82, 2.24) is 0 Å². The molecule has 0 heterocycles. The van der Waals surface area contributed by atoms with E-state index in [1.807, 2.05) is 0 Å². The molecule has 0 amide bonds. The second-order valence-corrected chi connectivity index (χ2v) is 7.53. The van der Waals surface area contributed by atoms with Crippen molar-refractivity contribution >= 4 is 17.0 Å². The van der Waals surface area contributed by atoms with Gasteiger partial charge in [-0.15, -0.1) is 0 Å². The largest absolute Gasteiger partial charge is 0.398 e. The number of benzene rings is 1. The highest BCUT2D eigenvalue weighted by Gasteiger charge is 2.21. The Morgan fingerprint density at radius 2 is 1.88 bits per heavy atom. The average Bonchev–Trinajstić information content (AvgIpc) is 2.54. The molecular formula is C22H34N2. The van der Waals surface area contributed by atoms with E-state index in [9.17, 15) is 0 Å². The molecule has 24 heavy (non-hydrogen) atoms. The molecule has 132 valence electrons. The van der Waals surface area contributed by atoms with Crippen molar-refractivity contribution in [3.63, 3.8) is 0 Å². The lowest BCUT2D eigenvalue weighted by Crippen LogP contribution is -2.13. The van der Waals surface area contributed by atoms with Crippen LogP contribution in [0.2, 0.25) is 0 Å². The Bertz CT molecular complexity index is 621. The Morgan fingerprint density at radius 3 is 2.50 bits per heavy atom. The van der Waals surface area contributed by atoms with Crippen LogP contribution < -0.4 is 5.73 Å². The summed E-state index contributed by atoms with van der Waals surface area (Å²) in [6, 6.07) is 4.51. The minimum Gasteiger partial charge on any atom is -0.398 e. The molecule has 0 bridgehead atoms. The third-order valence-electron chi connectivity index (χ3n) is 4.90. The van der Waals surface area contributed by atoms with E-state index in [0.29, 0.717) is 11.8 Å². The van der Waals surface area contributed by atoms with Gasteiger partial charge in [0.25, 0.3) is 0 Å². The number of nitrogen functional groups attached to an aromatic ring is 1. The molecule has 0 aromatic heterocycles. The Labute approximate surface area is 148 Å². The van der Waals surface area contributed by atoms with Gasteiger partial charge in [0.15, 0.2) is 0 Å². The van der Waals surface area contributed by atoms with Crippen molar-refractivity contribution in [3.8, 4) is 0 Å². The van der Waals surface area contributed by atoms with Gasteiger partial charge in [-0.1, -0.05) is 59.2 Å². The zero-order valence-corrected chi connectivity index (χ0v) is 16.2. The molecule has 0 fully saturated rings. The van der Waals surface area contributed by atoms with Crippen LogP contribution in [0, 0.1) is 0 Å². The van der Waals surface area contributed by atoms with E-state index in [4.69, 9.17) is 10.7 Å². The molecule has 0 saturated heterocycles. The maximum Gasteiger partial charge on any atom is 0.0423 e. The van der Waals surface area contributed by atoms with E-state index >= 15 is 0 Å². The Kier molecular flexibility index (Phi) is 6.65. The highest BCUT2D eigenvalue weighted by molar-refractivity contribution is 6.25. The first-order valence-corrected chi connectivity index (χ1v) is 9.63. The number of allylic oxidation sites excluding steroid dienone is 2. The van der Waals surface area contributed by atoms with E-state index in [0.717, 1.165) is 25.1 Å². The molecule has 2 rings (SSSR count). The summed E-state index contributed by atoms with van der Waals surface area (Å²) in [4.78, 5) is 4.93. The number of nitrogens with zero attached hydrogens (tertiary/aromatic N) is 1. The lowest BCUT2D eigenvalue weighted by molar-refractivity contribution is 0.798. The van der Waals surface area contributed by atoms with Crippen LogP contribution in [0.15, 0.2) is 23.2 Å². The number of rotatable bonds is 6. The first-order valence-electron chi connectivity index (χ1n) is 9.63. The smallest absolute Gasteiger partial charge is 0.0423 e. The lowest BCUT2D eigenvalue weighted by Gasteiger charge is -2.24. The molecule has 1 aromatic rings. The summed E-state index contributed by atoms with van der Waals surface area (Å²) < 4.78 is 0. The third-order valence-corrected chi connectivity index (χ3v) is 4.90. The quantitative estimate of drug-likeness (QED) is 0.482. The van der Waals surface area contributed by atoms with Gasteiger partial charge in [0.1, 0.15) is 0 Å². The van der Waals surface area contributed by atoms with Crippen LogP contribution in [0.3, 0.4) is 0 Å². The third kappa shape index (κ3) is 4.09. The highest BCUT2D eigenvalue weighted by atomic mass is 14.7. The predicted octanol–water partition coefficient (Wildman–Crippen LogP) is 6.32. The van der Waals surface area contributed by atoms with E-state index in [1.54, 1.807) is 0 Å². The summed E-state index contributed by atoms with van der Waals surface area (Å²) in [6.45, 7) is 12.1. The summed E-state index contributed by atoms with van der Waals surface area (Å²) in [5, 5.41) is 0. The lowest BCUT2D eigenvalue weighted by atomic mass is 9.82. The van der Waals surface area contributed by atoms with Crippen molar-refractivity contribution < 1.29 is 0 Å². The molecule has 0 unspecified atom stereocenters. The van der Waals surface area contributed by atoms with E-state index in [1.165, 1.54) is 47.2 Å². The molecule has 1 aliphatic carbocycles. The van der Waals surface area contributed by atoms with Crippen molar-refractivity contribution in [3.05, 3.63) is 34.9 Å². The number of nitrogens with two attached hydrogens (primary N) is 1. The molecule has 2 N–H and O–H groups in total. The number of anilines is 1. The molecule has 0 spiro atoms. The van der Waals surface area contributed by atoms with Crippen molar-refractivity contribution in [2.24, 2.45) is 4.99 Å². The maximum absolute atomic E-state index is 6.59. The second-order valence-electron chi connectivity index (χ2n) is 7.53. The number of aliphatic imine (C=N–C) groups is 1. The van der Waals surface area contributed by atoms with Crippen LogP contribution >= 0.6 is 0 Å². The van der Waals surface area contributed by atoms with Crippen molar-refractivity contribution in [2.45, 2.75) is 78.6 Å².